The van der Waals surface area contributed by atoms with Gasteiger partial charge < -0.3 is 43.1 Å². The number of amides is 3. The molecule has 19 rings (SSSR count). The Morgan fingerprint density at radius 3 is 1.09 bits per heavy atom. The second-order valence-corrected chi connectivity index (χ2v) is 52.6. The number of allylic oxidation sites excluding steroid dienone is 3. The van der Waals surface area contributed by atoms with Crippen LogP contribution in [0.3, 0.4) is 0 Å². The van der Waals surface area contributed by atoms with Crippen molar-refractivity contribution in [1.29, 1.82) is 0 Å². The van der Waals surface area contributed by atoms with Crippen LogP contribution in [0.5, 0.6) is 17.2 Å². The highest BCUT2D eigenvalue weighted by molar-refractivity contribution is 7.95. The third-order valence-corrected chi connectivity index (χ3v) is 39.6. The topological polar surface area (TPSA) is 290 Å². The Morgan fingerprint density at radius 2 is 0.784 bits per heavy atom. The van der Waals surface area contributed by atoms with Gasteiger partial charge in [-0.15, -0.1) is 0 Å². The summed E-state index contributed by atoms with van der Waals surface area (Å²) in [6.45, 7) is 16.9. The lowest BCUT2D eigenvalue weighted by Crippen LogP contribution is -2.49. The van der Waals surface area contributed by atoms with E-state index in [1.54, 1.807) is 39.5 Å². The molecule has 3 amide bonds. The summed E-state index contributed by atoms with van der Waals surface area (Å²) >= 11 is 0. The van der Waals surface area contributed by atoms with Crippen molar-refractivity contribution >= 4 is 91.2 Å². The SMILES string of the molecule is CO[C@H]1/C=C/CCC[S@@](=O)(CC(=O)C2CC2)=NC(=O)c2ccc3c(c2)N(C[C@@H]2CC[C@H]21)C[C@@]1(CCCc2cc(C)ccc21)CO3.CO[C@H]1/C=C/CCC[S@@](=O)(CC(=O)CC(C)C)=NC(=O)c2ccc3c(c2)N(C[C@@H]2CC[C@H]21)C[C@@]1(CCCc2cc(C)ccc21)CO3.CO[C@H]1/C=C/CCC[S@@](=O)(CC(=O)CCS(C)(=O)=O)=NC(=O)c2ccc3c(c2)N(C[C@@H]2CC[C@H]21)C[C@@]1(CCCc2cc(C)ccc21)CO3. The number of hydrogen-bond donors (Lipinski definition) is 0. The van der Waals surface area contributed by atoms with Gasteiger partial charge in [-0.05, 0) is 298 Å². The highest BCUT2D eigenvalue weighted by Crippen LogP contribution is 2.53. The standard InChI is InChI=1S/C38H50N2O5S.C37H48N2O7S2.C37H46N2O5S/c1-26(2)19-31(41)23-46(43)18-7-5-6-10-35(44-4)32-14-12-30(32)22-40-24-38(17-8-9-28-20-27(3)11-15-33(28)38)25-45-36-16-13-29(21-34(36)40)37(42)39-46;1-26-10-14-32-27(20-26)8-7-17-37(32)24-39-22-29-11-13-31(29)34(45-2)9-5-4-6-18-48(44,23-30(40)16-19-47(3,42)43)38-36(41)28-12-15-35(46-25-37)33(39)21-28;1-25-9-15-31-27(19-25)7-6-17-37(31)23-39-21-29-12-14-30(29)34(43-2)8-4-3-5-18-45(42,22-33(40)26-10-11-26)38-36(41)28-13-16-35(44-24-37)32(39)20-28/h6,10-11,13,15-16,20-21,26,30,32,35H,5,7-9,12,14,17-19,22-25H2,1-4H3;5,9-10,12,14-15,20-21,29,31,34H,4,6-8,11,13,16-19,22-25H2,1-3H3;4,8-9,13,15-16,19-20,26,29-30,34H,3,5-7,10-12,14,17-18,21-24H2,1-2H3/b10-6+;9-5+;8-4+/t30-,32+,35-,38-,46+;29-,31+,34-,37-,48+;29-,30+,34-,37-,45+/m000/s1. The van der Waals surface area contributed by atoms with Crippen LogP contribution in [0, 0.1) is 68.1 Å². The van der Waals surface area contributed by atoms with Gasteiger partial charge in [0.25, 0.3) is 17.7 Å². The Morgan fingerprint density at radius 1 is 0.446 bits per heavy atom. The summed E-state index contributed by atoms with van der Waals surface area (Å²) in [6, 6.07) is 36.9. The zero-order chi connectivity index (χ0) is 97.8. The van der Waals surface area contributed by atoms with Crippen LogP contribution in [0.15, 0.2) is 159 Å². The van der Waals surface area contributed by atoms with Crippen molar-refractivity contribution in [3.05, 3.63) is 212 Å². The van der Waals surface area contributed by atoms with Crippen molar-refractivity contribution < 1.29 is 78.2 Å². The molecule has 15 atom stereocenters. The summed E-state index contributed by atoms with van der Waals surface area (Å²) in [4.78, 5) is 87.0. The van der Waals surface area contributed by atoms with Gasteiger partial charge in [0, 0.05) is 136 Å². The predicted molar refractivity (Wildman–Crippen MR) is 551 cm³/mol. The van der Waals surface area contributed by atoms with Gasteiger partial charge in [-0.2, -0.15) is 13.1 Å². The minimum absolute atomic E-state index is 0.0104. The van der Waals surface area contributed by atoms with Crippen LogP contribution in [-0.2, 0) is 103 Å². The highest BCUT2D eigenvalue weighted by atomic mass is 32.2. The number of nitrogens with zero attached hydrogens (tertiary/aromatic N) is 6. The summed E-state index contributed by atoms with van der Waals surface area (Å²) < 4.78 is 117. The number of hydrogen-bond acceptors (Lipinski definition) is 20. The van der Waals surface area contributed by atoms with E-state index in [1.807, 2.05) is 56.3 Å². The maximum absolute atomic E-state index is 14.1. The summed E-state index contributed by atoms with van der Waals surface area (Å²) in [5, 5.41) is 0. The van der Waals surface area contributed by atoms with Crippen molar-refractivity contribution in [3.63, 3.8) is 0 Å². The van der Waals surface area contributed by atoms with E-state index in [1.165, 1.54) is 50.1 Å². The third kappa shape index (κ3) is 23.8. The molecule has 3 spiro atoms. The van der Waals surface area contributed by atoms with Crippen molar-refractivity contribution in [3.8, 4) is 17.2 Å². The molecule has 27 heteroatoms. The van der Waals surface area contributed by atoms with Gasteiger partial charge in [-0.25, -0.2) is 21.0 Å². The molecule has 0 N–H and O–H groups in total. The van der Waals surface area contributed by atoms with Crippen molar-refractivity contribution in [2.24, 2.45) is 60.4 Å². The molecule has 4 fully saturated rings. The van der Waals surface area contributed by atoms with E-state index in [9.17, 15) is 49.8 Å². The molecule has 139 heavy (non-hydrogen) atoms. The first-order valence-electron chi connectivity index (χ1n) is 51.2. The average molecular weight is 1970 g/mol. The fraction of sp³-hybridized carbons (Fsp3) is 0.571. The van der Waals surface area contributed by atoms with Crippen LogP contribution in [0.1, 0.15) is 236 Å². The smallest absolute Gasteiger partial charge is 0.285 e. The lowest BCUT2D eigenvalue weighted by atomic mass is 9.68. The number of carbonyl (C=O) groups excluding carboxylic acids is 6. The molecule has 0 radical (unpaired) electrons. The first-order valence-corrected chi connectivity index (χ1v) is 58.8. The maximum atomic E-state index is 14.1. The van der Waals surface area contributed by atoms with Gasteiger partial charge in [0.05, 0.1) is 107 Å². The lowest BCUT2D eigenvalue weighted by Gasteiger charge is -2.46. The van der Waals surface area contributed by atoms with Gasteiger partial charge in [0.1, 0.15) is 44.4 Å². The zero-order valence-electron chi connectivity index (χ0n) is 83.0. The lowest BCUT2D eigenvalue weighted by molar-refractivity contribution is -0.118. The van der Waals surface area contributed by atoms with E-state index in [-0.39, 0.29) is 98.9 Å². The number of anilines is 3. The average Bonchev–Trinajstić information content (AvgIpc) is 1.62. The summed E-state index contributed by atoms with van der Waals surface area (Å²) in [5.74, 6) is 1.94. The van der Waals surface area contributed by atoms with Gasteiger partial charge >= 0.3 is 0 Å². The fourth-order valence-electron chi connectivity index (χ4n) is 24.2. The van der Waals surface area contributed by atoms with E-state index >= 15 is 0 Å². The van der Waals surface area contributed by atoms with E-state index < -0.39 is 68.3 Å². The quantitative estimate of drug-likeness (QED) is 0.0863. The van der Waals surface area contributed by atoms with E-state index in [4.69, 9.17) is 28.4 Å². The summed E-state index contributed by atoms with van der Waals surface area (Å²) in [6.07, 6.45) is 35.4. The fourth-order valence-corrected chi connectivity index (χ4v) is 30.7. The molecule has 23 nitrogen and oxygen atoms in total. The normalized spacial score (nSPS) is 30.8. The molecular weight excluding hydrogens is 1830 g/mol. The van der Waals surface area contributed by atoms with E-state index in [0.717, 1.165) is 183 Å². The van der Waals surface area contributed by atoms with Crippen molar-refractivity contribution in [2.75, 3.05) is 142 Å². The Labute approximate surface area is 825 Å². The number of benzene rings is 6. The molecule has 748 valence electrons. The molecule has 0 saturated heterocycles. The zero-order valence-corrected chi connectivity index (χ0v) is 86.2. The van der Waals surface area contributed by atoms with Gasteiger partial charge in [0.15, 0.2) is 0 Å². The van der Waals surface area contributed by atoms with Crippen LogP contribution >= 0.6 is 0 Å². The van der Waals surface area contributed by atoms with Gasteiger partial charge in [0.2, 0.25) is 0 Å². The first kappa shape index (κ1) is 102. The molecular formula is C112H144N6O17S4. The number of methoxy groups -OCH3 is 3. The third-order valence-electron chi connectivity index (χ3n) is 32.1. The number of carbonyl (C=O) groups is 6. The highest BCUT2D eigenvalue weighted by Gasteiger charge is 2.50. The summed E-state index contributed by atoms with van der Waals surface area (Å²) in [7, 11) is -7.43. The molecule has 13 aliphatic rings. The number of sulfone groups is 1. The van der Waals surface area contributed by atoms with Crippen LogP contribution < -0.4 is 28.9 Å². The largest absolute Gasteiger partial charge is 0.490 e. The Balaban J connectivity index is 0.000000144. The Kier molecular flexibility index (Phi) is 31.6. The summed E-state index contributed by atoms with van der Waals surface area (Å²) in [5.41, 5.74) is 15.3. The molecule has 6 aromatic rings. The second-order valence-electron chi connectivity index (χ2n) is 43.1. The second kappa shape index (κ2) is 43.3. The minimum atomic E-state index is -3.37. The van der Waals surface area contributed by atoms with Gasteiger partial charge in [-0.3, -0.25) is 28.8 Å². The number of ether oxygens (including phenoxy) is 6. The van der Waals surface area contributed by atoms with E-state index in [0.29, 0.717) is 123 Å². The Hall–Kier alpha value is -8.96. The first-order chi connectivity index (χ1) is 66.7. The van der Waals surface area contributed by atoms with Crippen LogP contribution in [-0.4, -0.2) is 201 Å². The number of Topliss-reactive ketones (excluding diaryl/α,β-unsaturated/α-hetero) is 3. The van der Waals surface area contributed by atoms with E-state index in [2.05, 4.69) is 134 Å². The number of fused-ring (bicyclic) bond motifs is 12. The molecule has 0 aromatic heterocycles. The monoisotopic (exact) mass is 1970 g/mol. The van der Waals surface area contributed by atoms with Crippen molar-refractivity contribution in [2.45, 2.75) is 230 Å². The molecule has 4 saturated carbocycles. The number of ketones is 3. The molecule has 6 heterocycles. The van der Waals surface area contributed by atoms with Crippen LogP contribution in [0.2, 0.25) is 0 Å². The Bertz CT molecular complexity index is 6270. The molecule has 6 aliphatic heterocycles. The number of aryl methyl sites for hydroxylation is 6. The van der Waals surface area contributed by atoms with Crippen LogP contribution in [0.25, 0.3) is 0 Å². The minimum Gasteiger partial charge on any atom is -0.490 e. The van der Waals surface area contributed by atoms with Crippen LogP contribution in [0.4, 0.5) is 17.1 Å². The van der Waals surface area contributed by atoms with Gasteiger partial charge in [-0.1, -0.05) is 122 Å². The molecule has 6 bridgehead atoms. The maximum Gasteiger partial charge on any atom is 0.285 e. The van der Waals surface area contributed by atoms with Crippen molar-refractivity contribution in [1.82, 2.24) is 0 Å². The molecule has 6 aromatic carbocycles. The predicted octanol–water partition coefficient (Wildman–Crippen LogP) is 19.0. The number of rotatable bonds is 15. The molecule has 7 aliphatic carbocycles. The molecule has 0 unspecified atom stereocenters.